The third-order valence-electron chi connectivity index (χ3n) is 4.91. The predicted octanol–water partition coefficient (Wildman–Crippen LogP) is 3.77. The highest BCUT2D eigenvalue weighted by atomic mass is 32.2. The van der Waals surface area contributed by atoms with E-state index in [1.165, 1.54) is 25.5 Å². The average molecular weight is 383 g/mol. The van der Waals surface area contributed by atoms with Gasteiger partial charge in [-0.15, -0.1) is 0 Å². The Kier molecular flexibility index (Phi) is 4.47. The van der Waals surface area contributed by atoms with Crippen molar-refractivity contribution in [2.24, 2.45) is 0 Å². The summed E-state index contributed by atoms with van der Waals surface area (Å²) in [7, 11) is -3.78. The van der Waals surface area contributed by atoms with E-state index in [9.17, 15) is 13.2 Å². The van der Waals surface area contributed by atoms with Gasteiger partial charge in [-0.1, -0.05) is 18.6 Å². The van der Waals surface area contributed by atoms with Crippen LogP contribution in [0.15, 0.2) is 47.4 Å². The van der Waals surface area contributed by atoms with E-state index in [4.69, 9.17) is 4.98 Å². The zero-order chi connectivity index (χ0) is 19.0. The van der Waals surface area contributed by atoms with E-state index in [1.54, 1.807) is 24.3 Å². The number of nitrogens with zero attached hydrogens (tertiary/aromatic N) is 2. The molecule has 0 saturated heterocycles. The van der Waals surface area contributed by atoms with Crippen molar-refractivity contribution in [1.29, 1.82) is 0 Å². The lowest BCUT2D eigenvalue weighted by Gasteiger charge is -2.09. The van der Waals surface area contributed by atoms with Crippen LogP contribution in [0.2, 0.25) is 0 Å². The molecule has 2 aromatic carbocycles. The van der Waals surface area contributed by atoms with Crippen LogP contribution in [-0.2, 0) is 23.0 Å². The SMILES string of the molecule is CC(=O)c1cccc(S(=O)(=O)Nc2ccc3c(c2)nc2n3CCCCC2)c1. The fourth-order valence-electron chi connectivity index (χ4n) is 3.51. The molecule has 1 aliphatic rings. The Hall–Kier alpha value is -2.67. The summed E-state index contributed by atoms with van der Waals surface area (Å²) in [5.41, 5.74) is 2.66. The minimum Gasteiger partial charge on any atom is -0.328 e. The molecule has 140 valence electrons. The molecule has 4 rings (SSSR count). The average Bonchev–Trinajstić information content (AvgIpc) is 2.81. The Morgan fingerprint density at radius 2 is 1.96 bits per heavy atom. The van der Waals surface area contributed by atoms with Gasteiger partial charge in [-0.2, -0.15) is 0 Å². The van der Waals surface area contributed by atoms with Gasteiger partial charge in [0.05, 0.1) is 21.6 Å². The third kappa shape index (κ3) is 3.47. The van der Waals surface area contributed by atoms with Crippen molar-refractivity contribution in [3.63, 3.8) is 0 Å². The van der Waals surface area contributed by atoms with E-state index in [0.717, 1.165) is 42.7 Å². The molecule has 0 amide bonds. The molecule has 2 heterocycles. The maximum atomic E-state index is 12.7. The van der Waals surface area contributed by atoms with Crippen LogP contribution in [-0.4, -0.2) is 23.8 Å². The number of fused-ring (bicyclic) bond motifs is 3. The number of aromatic nitrogens is 2. The van der Waals surface area contributed by atoms with E-state index in [0.29, 0.717) is 11.3 Å². The molecule has 3 aromatic rings. The summed E-state index contributed by atoms with van der Waals surface area (Å²) < 4.78 is 30.2. The van der Waals surface area contributed by atoms with Gasteiger partial charge in [0, 0.05) is 18.5 Å². The van der Waals surface area contributed by atoms with Gasteiger partial charge in [-0.05, 0) is 50.1 Å². The van der Waals surface area contributed by atoms with Crippen molar-refractivity contribution in [2.75, 3.05) is 4.72 Å². The first-order valence-corrected chi connectivity index (χ1v) is 10.6. The Balaban J connectivity index is 1.66. The largest absolute Gasteiger partial charge is 0.328 e. The molecule has 0 bridgehead atoms. The quantitative estimate of drug-likeness (QED) is 0.696. The molecule has 0 radical (unpaired) electrons. The van der Waals surface area contributed by atoms with Gasteiger partial charge < -0.3 is 4.57 Å². The van der Waals surface area contributed by atoms with E-state index in [2.05, 4.69) is 9.29 Å². The monoisotopic (exact) mass is 383 g/mol. The highest BCUT2D eigenvalue weighted by molar-refractivity contribution is 7.92. The number of carbonyl (C=O) groups excluding carboxylic acids is 1. The van der Waals surface area contributed by atoms with Crippen LogP contribution in [0, 0.1) is 0 Å². The molecular weight excluding hydrogens is 362 g/mol. The maximum absolute atomic E-state index is 12.7. The topological polar surface area (TPSA) is 81.1 Å². The first-order chi connectivity index (χ1) is 12.9. The number of carbonyl (C=O) groups is 1. The molecule has 0 atom stereocenters. The first-order valence-electron chi connectivity index (χ1n) is 9.07. The second-order valence-corrected chi connectivity index (χ2v) is 8.57. The van der Waals surface area contributed by atoms with Gasteiger partial charge in [-0.3, -0.25) is 9.52 Å². The van der Waals surface area contributed by atoms with Crippen LogP contribution in [0.3, 0.4) is 0 Å². The van der Waals surface area contributed by atoms with Gasteiger partial charge in [0.15, 0.2) is 5.78 Å². The van der Waals surface area contributed by atoms with Crippen molar-refractivity contribution >= 4 is 32.5 Å². The summed E-state index contributed by atoms with van der Waals surface area (Å²) >= 11 is 0. The highest BCUT2D eigenvalue weighted by Crippen LogP contribution is 2.26. The molecule has 1 aliphatic heterocycles. The molecule has 1 aromatic heterocycles. The number of hydrogen-bond donors (Lipinski definition) is 1. The summed E-state index contributed by atoms with van der Waals surface area (Å²) in [6.45, 7) is 2.37. The first kappa shape index (κ1) is 17.7. The third-order valence-corrected chi connectivity index (χ3v) is 6.29. The van der Waals surface area contributed by atoms with E-state index in [-0.39, 0.29) is 10.7 Å². The minimum atomic E-state index is -3.78. The predicted molar refractivity (Wildman–Crippen MR) is 105 cm³/mol. The lowest BCUT2D eigenvalue weighted by Crippen LogP contribution is -2.13. The standard InChI is InChI=1S/C20H21N3O3S/c1-14(24)15-6-5-7-17(12-15)27(25,26)22-16-9-10-19-18(13-16)21-20-8-3-2-4-11-23(19)20/h5-7,9-10,12-13,22H,2-4,8,11H2,1H3. The summed E-state index contributed by atoms with van der Waals surface area (Å²) in [6.07, 6.45) is 4.43. The highest BCUT2D eigenvalue weighted by Gasteiger charge is 2.18. The van der Waals surface area contributed by atoms with E-state index < -0.39 is 10.0 Å². The van der Waals surface area contributed by atoms with Crippen LogP contribution in [0.5, 0.6) is 0 Å². The molecule has 0 unspecified atom stereocenters. The number of sulfonamides is 1. The molecule has 7 heteroatoms. The Bertz CT molecular complexity index is 1130. The zero-order valence-electron chi connectivity index (χ0n) is 15.1. The number of imidazole rings is 1. The summed E-state index contributed by atoms with van der Waals surface area (Å²) in [4.78, 5) is 16.3. The minimum absolute atomic E-state index is 0.0657. The fraction of sp³-hybridized carbons (Fsp3) is 0.300. The van der Waals surface area contributed by atoms with Gasteiger partial charge in [0.2, 0.25) is 0 Å². The summed E-state index contributed by atoms with van der Waals surface area (Å²) in [5, 5.41) is 0. The van der Waals surface area contributed by atoms with Crippen LogP contribution in [0.4, 0.5) is 5.69 Å². The van der Waals surface area contributed by atoms with E-state index in [1.807, 2.05) is 6.07 Å². The van der Waals surface area contributed by atoms with Crippen molar-refractivity contribution < 1.29 is 13.2 Å². The lowest BCUT2D eigenvalue weighted by molar-refractivity contribution is 0.101. The van der Waals surface area contributed by atoms with E-state index >= 15 is 0 Å². The second-order valence-electron chi connectivity index (χ2n) is 6.88. The Labute approximate surface area is 158 Å². The number of Topliss-reactive ketones (excluding diaryl/α,β-unsaturated/α-hetero) is 1. The number of hydrogen-bond acceptors (Lipinski definition) is 4. The lowest BCUT2D eigenvalue weighted by atomic mass is 10.2. The van der Waals surface area contributed by atoms with Gasteiger partial charge >= 0.3 is 0 Å². The van der Waals surface area contributed by atoms with Crippen LogP contribution >= 0.6 is 0 Å². The smallest absolute Gasteiger partial charge is 0.261 e. The van der Waals surface area contributed by atoms with Crippen molar-refractivity contribution in [3.8, 4) is 0 Å². The molecule has 6 nitrogen and oxygen atoms in total. The normalized spacial score (nSPS) is 14.6. The Morgan fingerprint density at radius 3 is 2.78 bits per heavy atom. The molecule has 0 aliphatic carbocycles. The molecule has 0 spiro atoms. The van der Waals surface area contributed by atoms with Gasteiger partial charge in [0.25, 0.3) is 10.0 Å². The van der Waals surface area contributed by atoms with Crippen LogP contribution in [0.1, 0.15) is 42.4 Å². The number of nitrogens with one attached hydrogen (secondary N) is 1. The van der Waals surface area contributed by atoms with Crippen molar-refractivity contribution in [2.45, 2.75) is 44.0 Å². The molecule has 27 heavy (non-hydrogen) atoms. The molecule has 1 N–H and O–H groups in total. The fourth-order valence-corrected chi connectivity index (χ4v) is 4.60. The molecule has 0 saturated carbocycles. The maximum Gasteiger partial charge on any atom is 0.261 e. The Morgan fingerprint density at radius 1 is 1.11 bits per heavy atom. The van der Waals surface area contributed by atoms with Crippen LogP contribution in [0.25, 0.3) is 11.0 Å². The van der Waals surface area contributed by atoms with Crippen molar-refractivity contribution in [3.05, 3.63) is 53.9 Å². The van der Waals surface area contributed by atoms with Crippen LogP contribution < -0.4 is 4.72 Å². The number of benzene rings is 2. The second kappa shape index (κ2) is 6.81. The summed E-state index contributed by atoms with van der Waals surface area (Å²) in [5.74, 6) is 0.893. The number of aryl methyl sites for hydroxylation is 2. The number of ketones is 1. The molecule has 0 fully saturated rings. The molecular formula is C20H21N3O3S. The number of rotatable bonds is 4. The number of anilines is 1. The van der Waals surface area contributed by atoms with Crippen molar-refractivity contribution in [1.82, 2.24) is 9.55 Å². The summed E-state index contributed by atoms with van der Waals surface area (Å²) in [6, 6.07) is 11.5. The van der Waals surface area contributed by atoms with Gasteiger partial charge in [-0.25, -0.2) is 13.4 Å². The van der Waals surface area contributed by atoms with Gasteiger partial charge in [0.1, 0.15) is 5.82 Å². The zero-order valence-corrected chi connectivity index (χ0v) is 15.9.